The maximum Gasteiger partial charge on any atom is 0.423 e. The number of benzene rings is 1. The number of rotatable bonds is 1. The topological polar surface area (TPSA) is 81.4 Å². The highest BCUT2D eigenvalue weighted by Crippen LogP contribution is 2.31. The van der Waals surface area contributed by atoms with Gasteiger partial charge in [0.2, 0.25) is 0 Å². The van der Waals surface area contributed by atoms with E-state index in [1.165, 1.54) is 0 Å². The lowest BCUT2D eigenvalue weighted by Crippen LogP contribution is -2.38. The summed E-state index contributed by atoms with van der Waals surface area (Å²) in [7, 11) is 0. The molecule has 0 aliphatic heterocycles. The molecule has 1 unspecified atom stereocenters. The van der Waals surface area contributed by atoms with Gasteiger partial charge >= 0.3 is 6.09 Å². The Balaban J connectivity index is 2.76. The van der Waals surface area contributed by atoms with Gasteiger partial charge in [-0.25, -0.2) is 9.78 Å². The monoisotopic (exact) mass is 332 g/mol. The molecule has 0 saturated carbocycles. The van der Waals surface area contributed by atoms with E-state index < -0.39 is 28.8 Å². The molecule has 0 aliphatic rings. The quantitative estimate of drug-likeness (QED) is 0.867. The van der Waals surface area contributed by atoms with E-state index in [9.17, 15) is 14.7 Å². The van der Waals surface area contributed by atoms with Crippen LogP contribution in [0.1, 0.15) is 53.5 Å². The molecule has 130 valence electrons. The summed E-state index contributed by atoms with van der Waals surface area (Å²) in [5.41, 5.74) is -1.49. The summed E-state index contributed by atoms with van der Waals surface area (Å²) in [5.74, 6) is -0.0135. The van der Waals surface area contributed by atoms with Gasteiger partial charge in [-0.3, -0.25) is 4.79 Å². The molecule has 1 atom stereocenters. The minimum Gasteiger partial charge on any atom is -0.443 e. The van der Waals surface area contributed by atoms with E-state index >= 15 is 0 Å². The number of aromatic nitrogens is 2. The van der Waals surface area contributed by atoms with Gasteiger partial charge < -0.3 is 9.84 Å². The molecular formula is C18H24N2O4. The second-order valence-corrected chi connectivity index (χ2v) is 7.88. The van der Waals surface area contributed by atoms with Gasteiger partial charge in [0.05, 0.1) is 10.9 Å². The molecule has 0 aliphatic carbocycles. The Morgan fingerprint density at radius 1 is 1.17 bits per heavy atom. The van der Waals surface area contributed by atoms with Crippen molar-refractivity contribution < 1.29 is 14.6 Å². The van der Waals surface area contributed by atoms with Crippen LogP contribution < -0.4 is 5.56 Å². The van der Waals surface area contributed by atoms with Gasteiger partial charge in [-0.15, -0.1) is 0 Å². The minimum absolute atomic E-state index is 0.0135. The molecule has 0 radical (unpaired) electrons. The number of ether oxygens (including phenoxy) is 1. The van der Waals surface area contributed by atoms with Crippen molar-refractivity contribution in [2.24, 2.45) is 5.41 Å². The Kier molecular flexibility index (Phi) is 4.55. The highest BCUT2D eigenvalue weighted by molar-refractivity contribution is 5.81. The smallest absolute Gasteiger partial charge is 0.423 e. The molecule has 1 N–H and O–H groups in total. The molecular weight excluding hydrogens is 308 g/mol. The molecule has 2 rings (SSSR count). The molecule has 6 nitrogen and oxygen atoms in total. The Bertz CT molecular complexity index is 825. The van der Waals surface area contributed by atoms with Crippen molar-refractivity contribution in [1.29, 1.82) is 0 Å². The first-order chi connectivity index (χ1) is 10.9. The lowest BCUT2D eigenvalue weighted by molar-refractivity contribution is 0.0361. The van der Waals surface area contributed by atoms with Crippen molar-refractivity contribution in [2.45, 2.75) is 53.2 Å². The number of para-hydroxylation sites is 1. The van der Waals surface area contributed by atoms with Crippen LogP contribution in [0.2, 0.25) is 0 Å². The van der Waals surface area contributed by atoms with E-state index in [-0.39, 0.29) is 5.82 Å². The van der Waals surface area contributed by atoms with E-state index in [0.717, 1.165) is 4.57 Å². The highest BCUT2D eigenvalue weighted by atomic mass is 16.6. The Morgan fingerprint density at radius 3 is 2.29 bits per heavy atom. The first kappa shape index (κ1) is 18.1. The first-order valence-corrected chi connectivity index (χ1v) is 7.85. The van der Waals surface area contributed by atoms with Crippen LogP contribution in [-0.4, -0.2) is 26.4 Å². The molecule has 0 spiro atoms. The van der Waals surface area contributed by atoms with Gasteiger partial charge in [0.1, 0.15) is 11.7 Å². The normalized spacial score (nSPS) is 13.8. The van der Waals surface area contributed by atoms with Gasteiger partial charge in [-0.05, 0) is 38.3 Å². The molecule has 2 aromatic rings. The Hall–Kier alpha value is -2.21. The van der Waals surface area contributed by atoms with Crippen molar-refractivity contribution >= 4 is 17.0 Å². The van der Waals surface area contributed by atoms with Crippen LogP contribution in [0.15, 0.2) is 29.1 Å². The van der Waals surface area contributed by atoms with E-state index in [1.807, 2.05) is 0 Å². The maximum absolute atomic E-state index is 12.8. The maximum atomic E-state index is 12.8. The molecule has 0 saturated heterocycles. The third-order valence-corrected chi connectivity index (χ3v) is 3.44. The van der Waals surface area contributed by atoms with Crippen LogP contribution in [0.25, 0.3) is 10.9 Å². The summed E-state index contributed by atoms with van der Waals surface area (Å²) in [5, 5.41) is 10.9. The molecule has 0 bridgehead atoms. The Labute approximate surface area is 141 Å². The third-order valence-electron chi connectivity index (χ3n) is 3.44. The lowest BCUT2D eigenvalue weighted by atomic mass is 9.88. The van der Waals surface area contributed by atoms with E-state index in [2.05, 4.69) is 4.98 Å². The van der Waals surface area contributed by atoms with Gasteiger partial charge in [-0.2, -0.15) is 4.57 Å². The molecule has 0 fully saturated rings. The number of nitrogens with zero attached hydrogens (tertiary/aromatic N) is 2. The van der Waals surface area contributed by atoms with E-state index in [1.54, 1.807) is 65.8 Å². The van der Waals surface area contributed by atoms with Crippen LogP contribution in [0.5, 0.6) is 0 Å². The largest absolute Gasteiger partial charge is 0.443 e. The van der Waals surface area contributed by atoms with Crippen LogP contribution in [0.3, 0.4) is 0 Å². The average molecular weight is 332 g/mol. The highest BCUT2D eigenvalue weighted by Gasteiger charge is 2.32. The van der Waals surface area contributed by atoms with Crippen molar-refractivity contribution in [3.63, 3.8) is 0 Å². The number of carbonyl (C=O) groups is 1. The summed E-state index contributed by atoms with van der Waals surface area (Å²) in [6.45, 7) is 10.5. The standard InChI is InChI=1S/C18H24N2O4/c1-17(2,3)13(21)14-19-12-10-8-7-9-11(12)15(22)20(14)16(23)24-18(4,5)6/h7-10,13,21H,1-6H3. The summed E-state index contributed by atoms with van der Waals surface area (Å²) < 4.78 is 6.17. The predicted molar refractivity (Wildman–Crippen MR) is 92.0 cm³/mol. The first-order valence-electron chi connectivity index (χ1n) is 7.85. The van der Waals surface area contributed by atoms with Crippen LogP contribution in [0, 0.1) is 5.41 Å². The van der Waals surface area contributed by atoms with E-state index in [4.69, 9.17) is 4.74 Å². The van der Waals surface area contributed by atoms with Gasteiger partial charge in [-0.1, -0.05) is 32.9 Å². The number of hydrogen-bond donors (Lipinski definition) is 1. The SMILES string of the molecule is CC(C)(C)OC(=O)n1c(C(O)C(C)(C)C)nc2ccccc2c1=O. The van der Waals surface area contributed by atoms with Crippen molar-refractivity contribution in [3.8, 4) is 0 Å². The van der Waals surface area contributed by atoms with E-state index in [0.29, 0.717) is 10.9 Å². The van der Waals surface area contributed by atoms with Crippen molar-refractivity contribution in [1.82, 2.24) is 9.55 Å². The summed E-state index contributed by atoms with van der Waals surface area (Å²) in [6, 6.07) is 6.72. The summed E-state index contributed by atoms with van der Waals surface area (Å²) in [4.78, 5) is 29.8. The molecule has 1 heterocycles. The number of hydrogen-bond acceptors (Lipinski definition) is 5. The molecule has 24 heavy (non-hydrogen) atoms. The zero-order valence-corrected chi connectivity index (χ0v) is 15.0. The second-order valence-electron chi connectivity index (χ2n) is 7.88. The van der Waals surface area contributed by atoms with Crippen LogP contribution in [-0.2, 0) is 4.74 Å². The molecule has 1 aromatic heterocycles. The lowest BCUT2D eigenvalue weighted by Gasteiger charge is -2.28. The third kappa shape index (κ3) is 3.64. The zero-order valence-electron chi connectivity index (χ0n) is 15.0. The van der Waals surface area contributed by atoms with Crippen LogP contribution in [0.4, 0.5) is 4.79 Å². The van der Waals surface area contributed by atoms with Crippen LogP contribution >= 0.6 is 0 Å². The minimum atomic E-state index is -1.11. The average Bonchev–Trinajstić information content (AvgIpc) is 2.43. The van der Waals surface area contributed by atoms with Gasteiger partial charge in [0.15, 0.2) is 5.82 Å². The molecule has 1 aromatic carbocycles. The number of aliphatic hydroxyl groups excluding tert-OH is 1. The fraction of sp³-hybridized carbons (Fsp3) is 0.500. The predicted octanol–water partition coefficient (Wildman–Crippen LogP) is 3.26. The van der Waals surface area contributed by atoms with Crippen molar-refractivity contribution in [2.75, 3.05) is 0 Å². The van der Waals surface area contributed by atoms with Gasteiger partial charge in [0.25, 0.3) is 5.56 Å². The second kappa shape index (κ2) is 6.02. The fourth-order valence-electron chi connectivity index (χ4n) is 2.20. The summed E-state index contributed by atoms with van der Waals surface area (Å²) in [6.07, 6.45) is -1.95. The van der Waals surface area contributed by atoms with Gasteiger partial charge in [0, 0.05) is 0 Å². The Morgan fingerprint density at radius 2 is 1.75 bits per heavy atom. The summed E-state index contributed by atoms with van der Waals surface area (Å²) >= 11 is 0. The van der Waals surface area contributed by atoms with Crippen molar-refractivity contribution in [3.05, 3.63) is 40.4 Å². The number of carbonyl (C=O) groups excluding carboxylic acids is 1. The molecule has 6 heteroatoms. The fourth-order valence-corrected chi connectivity index (χ4v) is 2.20. The number of fused-ring (bicyclic) bond motifs is 1. The zero-order chi connectivity index (χ0) is 18.3. The molecule has 0 amide bonds. The number of aliphatic hydroxyl groups is 1.